The van der Waals surface area contributed by atoms with Gasteiger partial charge in [0.15, 0.2) is 0 Å². The van der Waals surface area contributed by atoms with Gasteiger partial charge in [-0.1, -0.05) is 0 Å². The van der Waals surface area contributed by atoms with E-state index in [0.29, 0.717) is 0 Å². The topological polar surface area (TPSA) is 36.7 Å². The molecule has 0 aliphatic heterocycles. The fourth-order valence-electron chi connectivity index (χ4n) is 0.808. The zero-order valence-corrected chi connectivity index (χ0v) is 8.22. The minimum Gasteiger partial charge on any atom is -0.262 e. The van der Waals surface area contributed by atoms with Crippen LogP contribution in [-0.2, 0) is 6.18 Å². The fraction of sp³-hybridized carbons (Fsp3) is 0.143. The summed E-state index contributed by atoms with van der Waals surface area (Å²) in [4.78, 5) is 3.50. The van der Waals surface area contributed by atoms with Crippen molar-refractivity contribution in [1.82, 2.24) is 4.98 Å². The van der Waals surface area contributed by atoms with Gasteiger partial charge in [-0.15, -0.1) is 0 Å². The van der Waals surface area contributed by atoms with Gasteiger partial charge in [-0.2, -0.15) is 18.4 Å². The molecule has 0 fully saturated rings. The molecule has 0 atom stereocenters. The molecule has 0 amide bonds. The number of aromatic nitrogens is 1. The molecule has 1 rings (SSSR count). The molecule has 1 heterocycles. The van der Waals surface area contributed by atoms with Crippen molar-refractivity contribution in [2.24, 2.45) is 0 Å². The minimum absolute atomic E-state index is 0.0656. The molecule has 0 aromatic carbocycles. The first kappa shape index (κ1) is 10.2. The number of hydrogen-bond acceptors (Lipinski definition) is 2. The zero-order chi connectivity index (χ0) is 10.1. The summed E-state index contributed by atoms with van der Waals surface area (Å²) in [7, 11) is 0. The van der Waals surface area contributed by atoms with E-state index >= 15 is 0 Å². The largest absolute Gasteiger partial charge is 0.418 e. The number of nitrogens with zero attached hydrogens (tertiary/aromatic N) is 2. The van der Waals surface area contributed by atoms with Gasteiger partial charge in [-0.25, -0.2) is 0 Å². The Bertz CT molecular complexity index is 367. The summed E-state index contributed by atoms with van der Waals surface area (Å²) in [6.45, 7) is 0. The van der Waals surface area contributed by atoms with E-state index in [0.717, 1.165) is 12.4 Å². The summed E-state index contributed by atoms with van der Waals surface area (Å²) in [5.74, 6) is 0. The fourth-order valence-corrected chi connectivity index (χ4v) is 1.57. The molecule has 6 heteroatoms. The van der Waals surface area contributed by atoms with Crippen LogP contribution in [0.3, 0.4) is 0 Å². The van der Waals surface area contributed by atoms with Crippen molar-refractivity contribution in [2.45, 2.75) is 6.18 Å². The molecule has 13 heavy (non-hydrogen) atoms. The molecule has 1 aromatic rings. The van der Waals surface area contributed by atoms with Crippen molar-refractivity contribution in [3.8, 4) is 6.07 Å². The number of halogens is 4. The summed E-state index contributed by atoms with van der Waals surface area (Å²) in [5.41, 5.74) is -1.36. The van der Waals surface area contributed by atoms with Gasteiger partial charge in [-0.3, -0.25) is 4.98 Å². The maximum atomic E-state index is 12.3. The van der Waals surface area contributed by atoms with Gasteiger partial charge in [0.25, 0.3) is 0 Å². The highest BCUT2D eigenvalue weighted by Crippen LogP contribution is 2.34. The quantitative estimate of drug-likeness (QED) is 0.690. The Morgan fingerprint density at radius 1 is 1.38 bits per heavy atom. The summed E-state index contributed by atoms with van der Waals surface area (Å²) in [6, 6.07) is 1.46. The number of rotatable bonds is 0. The lowest BCUT2D eigenvalue weighted by molar-refractivity contribution is -0.138. The first-order valence-electron chi connectivity index (χ1n) is 3.07. The lowest BCUT2D eigenvalue weighted by Crippen LogP contribution is -2.10. The maximum Gasteiger partial charge on any atom is 0.418 e. The van der Waals surface area contributed by atoms with Crippen molar-refractivity contribution in [3.63, 3.8) is 0 Å². The second-order valence-electron chi connectivity index (χ2n) is 2.15. The average molecular weight is 298 g/mol. The van der Waals surface area contributed by atoms with Gasteiger partial charge in [0.2, 0.25) is 0 Å². The molecule has 0 saturated carbocycles. The van der Waals surface area contributed by atoms with E-state index in [1.807, 2.05) is 0 Å². The summed E-state index contributed by atoms with van der Waals surface area (Å²) < 4.78 is 36.9. The summed E-state index contributed by atoms with van der Waals surface area (Å²) in [6.07, 6.45) is -2.51. The van der Waals surface area contributed by atoms with Crippen LogP contribution in [0.15, 0.2) is 12.4 Å². The third-order valence-corrected chi connectivity index (χ3v) is 2.12. The molecule has 0 aliphatic rings. The van der Waals surface area contributed by atoms with Crippen LogP contribution in [0.4, 0.5) is 13.2 Å². The molecule has 68 valence electrons. The highest BCUT2D eigenvalue weighted by atomic mass is 127. The molecule has 2 nitrogen and oxygen atoms in total. The van der Waals surface area contributed by atoms with Crippen molar-refractivity contribution < 1.29 is 13.2 Å². The van der Waals surface area contributed by atoms with Crippen LogP contribution in [0.25, 0.3) is 0 Å². The monoisotopic (exact) mass is 298 g/mol. The molecule has 0 spiro atoms. The van der Waals surface area contributed by atoms with E-state index in [4.69, 9.17) is 5.26 Å². The molecule has 1 aromatic heterocycles. The molecular weight excluding hydrogens is 296 g/mol. The lowest BCUT2D eigenvalue weighted by atomic mass is 10.1. The van der Waals surface area contributed by atoms with Crippen molar-refractivity contribution in [2.75, 3.05) is 0 Å². The Kier molecular flexibility index (Phi) is 2.75. The molecule has 0 N–H and O–H groups in total. The second kappa shape index (κ2) is 3.49. The van der Waals surface area contributed by atoms with Crippen molar-refractivity contribution >= 4 is 22.6 Å². The van der Waals surface area contributed by atoms with Crippen LogP contribution in [-0.4, -0.2) is 4.98 Å². The molecule has 0 bridgehead atoms. The Morgan fingerprint density at radius 3 is 2.38 bits per heavy atom. The summed E-state index contributed by atoms with van der Waals surface area (Å²) in [5, 5.41) is 8.41. The van der Waals surface area contributed by atoms with E-state index in [1.165, 1.54) is 28.7 Å². The predicted molar refractivity (Wildman–Crippen MR) is 46.7 cm³/mol. The maximum absolute atomic E-state index is 12.3. The Hall–Kier alpha value is -0.840. The first-order valence-corrected chi connectivity index (χ1v) is 4.15. The molecule has 0 saturated heterocycles. The van der Waals surface area contributed by atoms with E-state index in [-0.39, 0.29) is 3.57 Å². The van der Waals surface area contributed by atoms with E-state index in [2.05, 4.69) is 4.98 Å². The van der Waals surface area contributed by atoms with Crippen LogP contribution in [0.2, 0.25) is 0 Å². The van der Waals surface area contributed by atoms with Gasteiger partial charge in [0, 0.05) is 16.0 Å². The number of nitriles is 1. The van der Waals surface area contributed by atoms with Gasteiger partial charge >= 0.3 is 6.18 Å². The van der Waals surface area contributed by atoms with Crippen LogP contribution in [0.5, 0.6) is 0 Å². The minimum atomic E-state index is -4.50. The van der Waals surface area contributed by atoms with Gasteiger partial charge in [0.05, 0.1) is 11.1 Å². The molecule has 0 aliphatic carbocycles. The predicted octanol–water partition coefficient (Wildman–Crippen LogP) is 2.58. The molecular formula is C7H2F3IN2. The van der Waals surface area contributed by atoms with Crippen LogP contribution < -0.4 is 0 Å². The zero-order valence-electron chi connectivity index (χ0n) is 6.06. The molecule has 0 unspecified atom stereocenters. The van der Waals surface area contributed by atoms with Crippen LogP contribution in [0.1, 0.15) is 11.1 Å². The third kappa shape index (κ3) is 2.09. The lowest BCUT2D eigenvalue weighted by Gasteiger charge is -2.09. The smallest absolute Gasteiger partial charge is 0.262 e. The third-order valence-electron chi connectivity index (χ3n) is 1.30. The highest BCUT2D eigenvalue weighted by Gasteiger charge is 2.36. The SMILES string of the molecule is N#Cc1cncc(I)c1C(F)(F)F. The Morgan fingerprint density at radius 2 is 2.00 bits per heavy atom. The number of pyridine rings is 1. The standard InChI is InChI=1S/C7H2F3IN2/c8-7(9,10)6-4(1-12)2-13-3-5(6)11/h2-3H. The van der Waals surface area contributed by atoms with Crippen molar-refractivity contribution in [1.29, 1.82) is 5.26 Å². The number of hydrogen-bond donors (Lipinski definition) is 0. The van der Waals surface area contributed by atoms with Crippen LogP contribution >= 0.6 is 22.6 Å². The van der Waals surface area contributed by atoms with E-state index in [9.17, 15) is 13.2 Å². The average Bonchev–Trinajstić information content (AvgIpc) is 2.01. The van der Waals surface area contributed by atoms with Gasteiger partial charge in [-0.05, 0) is 22.6 Å². The second-order valence-corrected chi connectivity index (χ2v) is 3.32. The van der Waals surface area contributed by atoms with Crippen molar-refractivity contribution in [3.05, 3.63) is 27.1 Å². The summed E-state index contributed by atoms with van der Waals surface area (Å²) >= 11 is 1.50. The van der Waals surface area contributed by atoms with E-state index < -0.39 is 17.3 Å². The number of alkyl halides is 3. The Balaban J connectivity index is 3.43. The highest BCUT2D eigenvalue weighted by molar-refractivity contribution is 14.1. The van der Waals surface area contributed by atoms with Gasteiger partial charge < -0.3 is 0 Å². The van der Waals surface area contributed by atoms with Crippen LogP contribution in [0, 0.1) is 14.9 Å². The van der Waals surface area contributed by atoms with Gasteiger partial charge in [0.1, 0.15) is 6.07 Å². The first-order chi connectivity index (χ1) is 5.96. The molecule has 0 radical (unpaired) electrons. The Labute approximate surface area is 85.5 Å². The van der Waals surface area contributed by atoms with E-state index in [1.54, 1.807) is 0 Å². The normalized spacial score (nSPS) is 11.0.